The smallest absolute Gasteiger partial charge is 0.328 e. The van der Waals surface area contributed by atoms with E-state index < -0.39 is 11.2 Å². The van der Waals surface area contributed by atoms with Crippen LogP contribution in [0.4, 0.5) is 0 Å². The lowest BCUT2D eigenvalue weighted by atomic mass is 9.94. The summed E-state index contributed by atoms with van der Waals surface area (Å²) in [6.07, 6.45) is 4.90. The van der Waals surface area contributed by atoms with E-state index in [1.807, 2.05) is 23.1 Å². The Morgan fingerprint density at radius 1 is 1.12 bits per heavy atom. The molecule has 1 unspecified atom stereocenters. The Balaban J connectivity index is 1.64. The fourth-order valence-electron chi connectivity index (χ4n) is 3.36. The van der Waals surface area contributed by atoms with Gasteiger partial charge in [0.1, 0.15) is 0 Å². The highest BCUT2D eigenvalue weighted by Gasteiger charge is 2.22. The van der Waals surface area contributed by atoms with Crippen LogP contribution in [0.5, 0.6) is 0 Å². The van der Waals surface area contributed by atoms with Crippen LogP contribution in [0, 0.1) is 0 Å². The number of aryl methyl sites for hydroxylation is 1. The minimum Gasteiger partial charge on any atom is -0.342 e. The highest BCUT2D eigenvalue weighted by molar-refractivity contribution is 5.76. The van der Waals surface area contributed by atoms with E-state index in [0.29, 0.717) is 5.92 Å². The summed E-state index contributed by atoms with van der Waals surface area (Å²) in [4.78, 5) is 39.5. The molecular weight excluding hydrogens is 318 g/mol. The lowest BCUT2D eigenvalue weighted by molar-refractivity contribution is -0.131. The fraction of sp³-hybridized carbons (Fsp3) is 0.421. The molecule has 2 heterocycles. The lowest BCUT2D eigenvalue weighted by Crippen LogP contribution is -2.36. The van der Waals surface area contributed by atoms with Gasteiger partial charge in [0.25, 0.3) is 5.56 Å². The third-order valence-corrected chi connectivity index (χ3v) is 4.76. The molecule has 1 N–H and O–H groups in total. The Bertz CT molecular complexity index is 826. The number of benzene rings is 1. The third kappa shape index (κ3) is 4.47. The molecule has 1 fully saturated rings. The number of carbonyl (C=O) groups excluding carboxylic acids is 1. The van der Waals surface area contributed by atoms with Gasteiger partial charge in [-0.3, -0.25) is 14.6 Å². The van der Waals surface area contributed by atoms with Crippen molar-refractivity contribution in [3.8, 4) is 0 Å². The van der Waals surface area contributed by atoms with E-state index in [4.69, 9.17) is 0 Å². The molecule has 3 rings (SSSR count). The summed E-state index contributed by atoms with van der Waals surface area (Å²) < 4.78 is 1.37. The van der Waals surface area contributed by atoms with E-state index >= 15 is 0 Å². The first-order valence-electron chi connectivity index (χ1n) is 8.76. The van der Waals surface area contributed by atoms with Crippen LogP contribution in [-0.4, -0.2) is 33.4 Å². The van der Waals surface area contributed by atoms with Crippen molar-refractivity contribution in [2.45, 2.75) is 38.1 Å². The molecule has 1 amide bonds. The molecule has 25 heavy (non-hydrogen) atoms. The number of hydrogen-bond donors (Lipinski definition) is 1. The van der Waals surface area contributed by atoms with Gasteiger partial charge >= 0.3 is 5.69 Å². The van der Waals surface area contributed by atoms with Crippen LogP contribution in [0.1, 0.15) is 37.2 Å². The van der Waals surface area contributed by atoms with Crippen LogP contribution in [-0.2, 0) is 11.3 Å². The van der Waals surface area contributed by atoms with Crippen molar-refractivity contribution in [3.05, 3.63) is 69.0 Å². The van der Waals surface area contributed by atoms with Gasteiger partial charge in [-0.1, -0.05) is 36.8 Å². The quantitative estimate of drug-likeness (QED) is 0.920. The lowest BCUT2D eigenvalue weighted by Gasteiger charge is -2.25. The maximum Gasteiger partial charge on any atom is 0.328 e. The van der Waals surface area contributed by atoms with Gasteiger partial charge in [0, 0.05) is 44.2 Å². The predicted octanol–water partition coefficient (Wildman–Crippen LogP) is 1.72. The topological polar surface area (TPSA) is 75.2 Å². The van der Waals surface area contributed by atoms with Gasteiger partial charge in [-0.25, -0.2) is 4.79 Å². The molecule has 1 atom stereocenters. The summed E-state index contributed by atoms with van der Waals surface area (Å²) in [5, 5.41) is 0. The molecule has 0 radical (unpaired) electrons. The van der Waals surface area contributed by atoms with Crippen molar-refractivity contribution in [2.24, 2.45) is 0 Å². The Labute approximate surface area is 146 Å². The monoisotopic (exact) mass is 341 g/mol. The van der Waals surface area contributed by atoms with Gasteiger partial charge in [-0.2, -0.15) is 0 Å². The second-order valence-electron chi connectivity index (χ2n) is 6.50. The molecule has 6 heteroatoms. The zero-order chi connectivity index (χ0) is 17.6. The number of nitrogens with one attached hydrogen (secondary N) is 1. The average Bonchev–Trinajstić information content (AvgIpc) is 2.88. The predicted molar refractivity (Wildman–Crippen MR) is 95.6 cm³/mol. The van der Waals surface area contributed by atoms with Crippen LogP contribution in [0.2, 0.25) is 0 Å². The Morgan fingerprint density at radius 2 is 1.92 bits per heavy atom. The first-order chi connectivity index (χ1) is 12.1. The van der Waals surface area contributed by atoms with Crippen molar-refractivity contribution < 1.29 is 4.79 Å². The highest BCUT2D eigenvalue weighted by atomic mass is 16.2. The van der Waals surface area contributed by atoms with Gasteiger partial charge in [0.05, 0.1) is 0 Å². The number of nitrogens with zero attached hydrogens (tertiary/aromatic N) is 2. The largest absolute Gasteiger partial charge is 0.342 e. The van der Waals surface area contributed by atoms with Gasteiger partial charge < -0.3 is 9.47 Å². The van der Waals surface area contributed by atoms with E-state index in [9.17, 15) is 14.4 Å². The van der Waals surface area contributed by atoms with Crippen molar-refractivity contribution in [2.75, 3.05) is 13.1 Å². The van der Waals surface area contributed by atoms with E-state index in [1.165, 1.54) is 22.4 Å². The molecule has 1 aliphatic heterocycles. The summed E-state index contributed by atoms with van der Waals surface area (Å²) in [6, 6.07) is 11.6. The summed E-state index contributed by atoms with van der Waals surface area (Å²) in [7, 11) is 0. The van der Waals surface area contributed by atoms with Gasteiger partial charge in [0.2, 0.25) is 5.91 Å². The van der Waals surface area contributed by atoms with Crippen molar-refractivity contribution >= 4 is 5.91 Å². The van der Waals surface area contributed by atoms with Crippen molar-refractivity contribution in [1.82, 2.24) is 14.5 Å². The maximum absolute atomic E-state index is 12.6. The molecule has 1 aliphatic rings. The van der Waals surface area contributed by atoms with Gasteiger partial charge in [-0.05, 0) is 18.4 Å². The van der Waals surface area contributed by atoms with Crippen LogP contribution in [0.25, 0.3) is 0 Å². The minimum atomic E-state index is -0.474. The van der Waals surface area contributed by atoms with Crippen LogP contribution >= 0.6 is 0 Å². The average molecular weight is 341 g/mol. The summed E-state index contributed by atoms with van der Waals surface area (Å²) in [5.41, 5.74) is 0.378. The zero-order valence-electron chi connectivity index (χ0n) is 14.2. The first kappa shape index (κ1) is 17.2. The Hall–Kier alpha value is -2.63. The number of amides is 1. The molecule has 6 nitrogen and oxygen atoms in total. The Kier molecular flexibility index (Phi) is 5.48. The van der Waals surface area contributed by atoms with E-state index in [1.54, 1.807) is 0 Å². The molecule has 132 valence electrons. The summed E-state index contributed by atoms with van der Waals surface area (Å²) in [5.74, 6) is 0.421. The van der Waals surface area contributed by atoms with Crippen molar-refractivity contribution in [1.29, 1.82) is 0 Å². The molecule has 0 aliphatic carbocycles. The molecule has 1 aromatic heterocycles. The van der Waals surface area contributed by atoms with Gasteiger partial charge in [-0.15, -0.1) is 0 Å². The molecule has 0 saturated carbocycles. The number of aromatic nitrogens is 2. The van der Waals surface area contributed by atoms with Crippen LogP contribution in [0.15, 0.2) is 52.2 Å². The number of likely N-dealkylation sites (tertiary alicyclic amines) is 1. The SMILES string of the molecule is O=C(CCn1ccc(=O)[nH]c1=O)N1CCCCC(c2ccccc2)C1. The normalized spacial score (nSPS) is 17.9. The van der Waals surface area contributed by atoms with Crippen LogP contribution in [0.3, 0.4) is 0 Å². The zero-order valence-corrected chi connectivity index (χ0v) is 14.2. The summed E-state index contributed by atoms with van der Waals surface area (Å²) in [6.45, 7) is 1.77. The fourth-order valence-corrected chi connectivity index (χ4v) is 3.36. The number of carbonyl (C=O) groups is 1. The highest BCUT2D eigenvalue weighted by Crippen LogP contribution is 2.26. The van der Waals surface area contributed by atoms with E-state index in [-0.39, 0.29) is 18.9 Å². The number of hydrogen-bond acceptors (Lipinski definition) is 3. The summed E-state index contributed by atoms with van der Waals surface area (Å²) >= 11 is 0. The third-order valence-electron chi connectivity index (χ3n) is 4.76. The van der Waals surface area contributed by atoms with Crippen molar-refractivity contribution in [3.63, 3.8) is 0 Å². The molecular formula is C19H23N3O3. The molecule has 1 aromatic carbocycles. The second kappa shape index (κ2) is 7.96. The van der Waals surface area contributed by atoms with Gasteiger partial charge in [0.15, 0.2) is 0 Å². The molecule has 0 bridgehead atoms. The number of H-pyrrole nitrogens is 1. The maximum atomic E-state index is 12.6. The first-order valence-corrected chi connectivity index (χ1v) is 8.76. The minimum absolute atomic E-state index is 0.0564. The second-order valence-corrected chi connectivity index (χ2v) is 6.50. The number of aromatic amines is 1. The molecule has 2 aromatic rings. The van der Waals surface area contributed by atoms with Crippen LogP contribution < -0.4 is 11.2 Å². The standard InChI is InChI=1S/C19H23N3O3/c23-17-9-12-21(19(25)20-17)13-10-18(24)22-11-5-4-8-16(14-22)15-6-2-1-3-7-15/h1-3,6-7,9,12,16H,4-5,8,10-11,13-14H2,(H,20,23,25). The van der Waals surface area contributed by atoms with E-state index in [0.717, 1.165) is 32.4 Å². The number of rotatable bonds is 4. The van der Waals surface area contributed by atoms with E-state index in [2.05, 4.69) is 17.1 Å². The molecule has 1 saturated heterocycles. The molecule has 0 spiro atoms. The Morgan fingerprint density at radius 3 is 2.68 bits per heavy atom.